The van der Waals surface area contributed by atoms with Crippen molar-refractivity contribution in [3.63, 3.8) is 0 Å². The van der Waals surface area contributed by atoms with Crippen LogP contribution < -0.4 is 5.41 Å². The van der Waals surface area contributed by atoms with Crippen LogP contribution in [-0.4, -0.2) is 11.4 Å². The Kier molecular flexibility index (Phi) is 1.08. The first kappa shape index (κ1) is 4.97. The molecule has 0 fully saturated rings. The molecule has 1 rings (SSSR count). The Labute approximate surface area is 47.5 Å². The minimum absolute atomic E-state index is 0.499. The summed E-state index contributed by atoms with van der Waals surface area (Å²) in [5.41, 5.74) is 1.21. The molecule has 0 saturated carbocycles. The van der Waals surface area contributed by atoms with Gasteiger partial charge in [-0.2, -0.15) is 0 Å². The third kappa shape index (κ3) is 0.904. The number of rotatable bonds is 0. The molecule has 40 valence electrons. The van der Waals surface area contributed by atoms with Crippen LogP contribution in [-0.2, 0) is 0 Å². The van der Waals surface area contributed by atoms with Crippen LogP contribution in [0, 0.1) is 5.41 Å². The average Bonchev–Trinajstić information content (AvgIpc) is 1.77. The third-order valence-corrected chi connectivity index (χ3v) is 0.911. The number of nitrogens with one attached hydrogen (secondary N) is 1. The minimum atomic E-state index is 0.499. The summed E-state index contributed by atoms with van der Waals surface area (Å²) >= 11 is 0. The summed E-state index contributed by atoms with van der Waals surface area (Å²) in [5, 5.41) is 12.4. The number of nitrogens with two attached hydrogens (primary N) is 1. The molecule has 0 spiro atoms. The summed E-state index contributed by atoms with van der Waals surface area (Å²) in [6.45, 7) is 0. The molecule has 0 radical (unpaired) electrons. The zero-order valence-corrected chi connectivity index (χ0v) is 4.39. The summed E-state index contributed by atoms with van der Waals surface area (Å²) in [7, 11) is 0. The maximum atomic E-state index is 7.04. The molecule has 2 nitrogen and oxygen atoms in total. The fourth-order valence-corrected chi connectivity index (χ4v) is 0.483. The van der Waals surface area contributed by atoms with Gasteiger partial charge in [-0.3, -0.25) is 5.41 Å². The van der Waals surface area contributed by atoms with Crippen LogP contribution >= 0.6 is 0 Å². The van der Waals surface area contributed by atoms with E-state index in [-0.39, 0.29) is 0 Å². The summed E-state index contributed by atoms with van der Waals surface area (Å²) in [6, 6.07) is 0. The fraction of sp³-hybridized carbons (Fsp3) is 0. The van der Waals surface area contributed by atoms with Crippen molar-refractivity contribution in [2.45, 2.75) is 0 Å². The SMILES string of the molecule is N=C1C=CC(=[NH2+])C=C1. The van der Waals surface area contributed by atoms with Crippen molar-refractivity contribution in [3.05, 3.63) is 24.3 Å². The molecule has 2 heteroatoms. The van der Waals surface area contributed by atoms with Crippen molar-refractivity contribution >= 4 is 11.4 Å². The molecule has 0 aromatic rings. The molecule has 0 bridgehead atoms. The molecule has 8 heavy (non-hydrogen) atoms. The van der Waals surface area contributed by atoms with Crippen molar-refractivity contribution in [1.82, 2.24) is 0 Å². The van der Waals surface area contributed by atoms with Crippen LogP contribution in [0.4, 0.5) is 0 Å². The standard InChI is InChI=1S/C6H6N2/c7-5-1-2-6(8)4-3-5/h1-4,7-8H/p+1. The fourth-order valence-electron chi connectivity index (χ4n) is 0.483. The smallest absolute Gasteiger partial charge is 0.196 e. The minimum Gasteiger partial charge on any atom is -0.301 e. The van der Waals surface area contributed by atoms with E-state index < -0.39 is 0 Å². The molecule has 0 aliphatic heterocycles. The van der Waals surface area contributed by atoms with Gasteiger partial charge in [0.05, 0.1) is 5.71 Å². The Morgan fingerprint density at radius 2 is 1.62 bits per heavy atom. The Bertz CT molecular complexity index is 149. The third-order valence-electron chi connectivity index (χ3n) is 0.911. The summed E-state index contributed by atoms with van der Waals surface area (Å²) in [6.07, 6.45) is 6.75. The van der Waals surface area contributed by atoms with E-state index in [2.05, 4.69) is 0 Å². The van der Waals surface area contributed by atoms with Crippen LogP contribution in [0.25, 0.3) is 0 Å². The van der Waals surface area contributed by atoms with Gasteiger partial charge in [0.15, 0.2) is 5.71 Å². The highest BCUT2D eigenvalue weighted by Crippen LogP contribution is 1.89. The molecule has 0 heterocycles. The summed E-state index contributed by atoms with van der Waals surface area (Å²) in [5.74, 6) is 0. The van der Waals surface area contributed by atoms with Crippen molar-refractivity contribution < 1.29 is 5.41 Å². The van der Waals surface area contributed by atoms with E-state index in [4.69, 9.17) is 10.8 Å². The molecule has 0 atom stereocenters. The lowest BCUT2D eigenvalue weighted by molar-refractivity contribution is -0.110. The van der Waals surface area contributed by atoms with Gasteiger partial charge in [-0.25, -0.2) is 0 Å². The highest BCUT2D eigenvalue weighted by atomic mass is 14.4. The number of hydrogen-bond donors (Lipinski definition) is 2. The first-order valence-electron chi connectivity index (χ1n) is 2.36. The van der Waals surface area contributed by atoms with Gasteiger partial charge in [-0.05, 0) is 12.2 Å². The first-order valence-corrected chi connectivity index (χ1v) is 2.36. The number of hydrogen-bond acceptors (Lipinski definition) is 1. The van der Waals surface area contributed by atoms with Crippen LogP contribution in [0.5, 0.6) is 0 Å². The summed E-state index contributed by atoms with van der Waals surface area (Å²) in [4.78, 5) is 0. The molecular formula is C6H7N2+. The molecule has 3 N–H and O–H groups in total. The Balaban J connectivity index is 2.83. The van der Waals surface area contributed by atoms with E-state index in [1.54, 1.807) is 24.3 Å². The summed E-state index contributed by atoms with van der Waals surface area (Å²) < 4.78 is 0. The lowest BCUT2D eigenvalue weighted by Gasteiger charge is -1.89. The van der Waals surface area contributed by atoms with Gasteiger partial charge < -0.3 is 5.41 Å². The maximum absolute atomic E-state index is 7.04. The predicted molar refractivity (Wildman–Crippen MR) is 32.9 cm³/mol. The first-order chi connectivity index (χ1) is 3.79. The van der Waals surface area contributed by atoms with E-state index in [0.29, 0.717) is 11.4 Å². The Morgan fingerprint density at radius 3 is 2.00 bits per heavy atom. The van der Waals surface area contributed by atoms with Crippen LogP contribution in [0.15, 0.2) is 24.3 Å². The number of allylic oxidation sites excluding steroid dienone is 4. The zero-order chi connectivity index (χ0) is 5.98. The van der Waals surface area contributed by atoms with Crippen molar-refractivity contribution in [3.8, 4) is 0 Å². The maximum Gasteiger partial charge on any atom is 0.196 e. The van der Waals surface area contributed by atoms with E-state index in [1.165, 1.54) is 0 Å². The van der Waals surface area contributed by atoms with E-state index in [9.17, 15) is 0 Å². The van der Waals surface area contributed by atoms with Gasteiger partial charge in [0.25, 0.3) is 0 Å². The van der Waals surface area contributed by atoms with E-state index in [0.717, 1.165) is 0 Å². The molecule has 1 aliphatic rings. The second-order valence-electron chi connectivity index (χ2n) is 1.62. The molecule has 0 aromatic carbocycles. The van der Waals surface area contributed by atoms with Crippen molar-refractivity contribution in [2.24, 2.45) is 0 Å². The second kappa shape index (κ2) is 1.74. The Morgan fingerprint density at radius 1 is 1.12 bits per heavy atom. The normalized spacial score (nSPS) is 17.5. The molecular weight excluding hydrogens is 100 g/mol. The molecule has 0 unspecified atom stereocenters. The molecule has 0 aromatic heterocycles. The van der Waals surface area contributed by atoms with Crippen LogP contribution in [0.1, 0.15) is 0 Å². The second-order valence-corrected chi connectivity index (χ2v) is 1.62. The Hall–Kier alpha value is -1.18. The lowest BCUT2D eigenvalue weighted by atomic mass is 10.2. The van der Waals surface area contributed by atoms with E-state index >= 15 is 0 Å². The van der Waals surface area contributed by atoms with Gasteiger partial charge >= 0.3 is 0 Å². The quantitative estimate of drug-likeness (QED) is 0.386. The van der Waals surface area contributed by atoms with Gasteiger partial charge in [-0.15, -0.1) is 0 Å². The van der Waals surface area contributed by atoms with Gasteiger partial charge in [0.1, 0.15) is 0 Å². The topological polar surface area (TPSA) is 49.4 Å². The monoisotopic (exact) mass is 107 g/mol. The zero-order valence-electron chi connectivity index (χ0n) is 4.39. The van der Waals surface area contributed by atoms with Crippen LogP contribution in [0.2, 0.25) is 0 Å². The van der Waals surface area contributed by atoms with Crippen molar-refractivity contribution in [1.29, 1.82) is 5.41 Å². The lowest BCUT2D eigenvalue weighted by Crippen LogP contribution is -2.37. The van der Waals surface area contributed by atoms with Gasteiger partial charge in [0, 0.05) is 12.2 Å². The van der Waals surface area contributed by atoms with Crippen LogP contribution in [0.3, 0.4) is 0 Å². The molecule has 0 saturated heterocycles. The molecule has 0 amide bonds. The average molecular weight is 107 g/mol. The highest BCUT2D eigenvalue weighted by molar-refractivity contribution is 6.15. The van der Waals surface area contributed by atoms with Gasteiger partial charge in [-0.1, -0.05) is 0 Å². The highest BCUT2D eigenvalue weighted by Gasteiger charge is 1.96. The van der Waals surface area contributed by atoms with Gasteiger partial charge in [0.2, 0.25) is 0 Å². The van der Waals surface area contributed by atoms with E-state index in [1.807, 2.05) is 0 Å². The molecule has 1 aliphatic carbocycles. The predicted octanol–water partition coefficient (Wildman–Crippen LogP) is -0.668. The largest absolute Gasteiger partial charge is 0.301 e. The van der Waals surface area contributed by atoms with Crippen molar-refractivity contribution in [2.75, 3.05) is 0 Å².